The summed E-state index contributed by atoms with van der Waals surface area (Å²) in [5.74, 6) is 0. The Morgan fingerprint density at radius 2 is 2.09 bits per heavy atom. The number of hydrazone groups is 1. The van der Waals surface area contributed by atoms with Crippen LogP contribution in [-0.2, 0) is 6.54 Å². The van der Waals surface area contributed by atoms with E-state index in [0.717, 1.165) is 6.54 Å². The SMILES string of the molecule is C1=NNCc2ccccc21.[S]. The lowest BCUT2D eigenvalue weighted by Crippen LogP contribution is -2.12. The third-order valence-electron chi connectivity index (χ3n) is 1.62. The van der Waals surface area contributed by atoms with Gasteiger partial charge in [0.05, 0.1) is 12.8 Å². The van der Waals surface area contributed by atoms with E-state index in [-0.39, 0.29) is 13.5 Å². The first kappa shape index (κ1) is 8.14. The van der Waals surface area contributed by atoms with Crippen molar-refractivity contribution in [1.29, 1.82) is 0 Å². The van der Waals surface area contributed by atoms with Crippen LogP contribution in [-0.4, -0.2) is 6.21 Å². The number of nitrogens with one attached hydrogen (secondary N) is 1. The summed E-state index contributed by atoms with van der Waals surface area (Å²) in [5, 5.41) is 3.94. The van der Waals surface area contributed by atoms with Crippen molar-refractivity contribution in [2.24, 2.45) is 5.10 Å². The fraction of sp³-hybridized carbons (Fsp3) is 0.125. The van der Waals surface area contributed by atoms with Crippen LogP contribution in [0, 0.1) is 0 Å². The van der Waals surface area contributed by atoms with E-state index >= 15 is 0 Å². The topological polar surface area (TPSA) is 24.4 Å². The zero-order chi connectivity index (χ0) is 6.81. The van der Waals surface area contributed by atoms with E-state index in [1.807, 2.05) is 18.3 Å². The highest BCUT2D eigenvalue weighted by Gasteiger charge is 2.00. The van der Waals surface area contributed by atoms with Crippen LogP contribution in [0.4, 0.5) is 0 Å². The predicted molar refractivity (Wildman–Crippen MR) is 48.5 cm³/mol. The smallest absolute Gasteiger partial charge is 0.0586 e. The van der Waals surface area contributed by atoms with Gasteiger partial charge in [0.25, 0.3) is 0 Å². The maximum absolute atomic E-state index is 3.94. The molecule has 0 spiro atoms. The van der Waals surface area contributed by atoms with E-state index in [4.69, 9.17) is 0 Å². The molecular weight excluding hydrogens is 156 g/mol. The normalized spacial score (nSPS) is 12.7. The molecule has 1 aliphatic rings. The highest BCUT2D eigenvalue weighted by Crippen LogP contribution is 2.07. The van der Waals surface area contributed by atoms with Gasteiger partial charge in [-0.2, -0.15) is 5.10 Å². The number of rotatable bonds is 0. The Morgan fingerprint density at radius 1 is 1.27 bits per heavy atom. The molecule has 2 radical (unpaired) electrons. The highest BCUT2D eigenvalue weighted by atomic mass is 32.1. The molecule has 3 heteroatoms. The summed E-state index contributed by atoms with van der Waals surface area (Å²) in [6.45, 7) is 0.854. The molecule has 0 saturated heterocycles. The summed E-state index contributed by atoms with van der Waals surface area (Å²) in [5.41, 5.74) is 5.45. The first-order valence-electron chi connectivity index (χ1n) is 3.30. The third-order valence-corrected chi connectivity index (χ3v) is 1.62. The maximum atomic E-state index is 3.94. The first-order chi connectivity index (χ1) is 4.97. The molecule has 1 heterocycles. The number of nitrogens with zero attached hydrogens (tertiary/aromatic N) is 1. The largest absolute Gasteiger partial charge is 0.306 e. The van der Waals surface area contributed by atoms with Crippen molar-refractivity contribution in [1.82, 2.24) is 5.43 Å². The molecule has 1 aliphatic heterocycles. The van der Waals surface area contributed by atoms with Gasteiger partial charge in [-0.15, -0.1) is 0 Å². The molecule has 1 aromatic rings. The average Bonchev–Trinajstić information content (AvgIpc) is 2.05. The zero-order valence-corrected chi connectivity index (χ0v) is 6.77. The predicted octanol–water partition coefficient (Wildman–Crippen LogP) is 1.77. The van der Waals surface area contributed by atoms with Crippen LogP contribution in [0.25, 0.3) is 0 Å². The van der Waals surface area contributed by atoms with E-state index in [1.54, 1.807) is 0 Å². The minimum atomic E-state index is 0. The van der Waals surface area contributed by atoms with Gasteiger partial charge in [0.2, 0.25) is 0 Å². The molecule has 0 bridgehead atoms. The lowest BCUT2D eigenvalue weighted by atomic mass is 10.1. The van der Waals surface area contributed by atoms with Gasteiger partial charge in [-0.25, -0.2) is 0 Å². The monoisotopic (exact) mass is 164 g/mol. The fourth-order valence-electron chi connectivity index (χ4n) is 1.07. The Morgan fingerprint density at radius 3 is 2.91 bits per heavy atom. The van der Waals surface area contributed by atoms with Gasteiger partial charge in [-0.1, -0.05) is 24.3 Å². The average molecular weight is 164 g/mol. The summed E-state index contributed by atoms with van der Waals surface area (Å²) < 4.78 is 0. The molecule has 0 amide bonds. The zero-order valence-electron chi connectivity index (χ0n) is 5.95. The van der Waals surface area contributed by atoms with Crippen LogP contribution in [0.15, 0.2) is 29.4 Å². The van der Waals surface area contributed by atoms with Crippen LogP contribution in [0.2, 0.25) is 0 Å². The van der Waals surface area contributed by atoms with E-state index in [1.165, 1.54) is 11.1 Å². The van der Waals surface area contributed by atoms with Crippen molar-refractivity contribution in [2.75, 3.05) is 0 Å². The van der Waals surface area contributed by atoms with Gasteiger partial charge < -0.3 is 5.43 Å². The van der Waals surface area contributed by atoms with Crippen molar-refractivity contribution in [2.45, 2.75) is 6.54 Å². The summed E-state index contributed by atoms with van der Waals surface area (Å²) in [6, 6.07) is 8.24. The molecule has 1 aromatic carbocycles. The van der Waals surface area contributed by atoms with Gasteiger partial charge in [0.15, 0.2) is 0 Å². The van der Waals surface area contributed by atoms with Crippen LogP contribution in [0.5, 0.6) is 0 Å². The lowest BCUT2D eigenvalue weighted by Gasteiger charge is -2.09. The third kappa shape index (κ3) is 1.54. The molecule has 1 N–H and O–H groups in total. The number of fused-ring (bicyclic) bond motifs is 1. The molecule has 56 valence electrons. The van der Waals surface area contributed by atoms with Crippen LogP contribution >= 0.6 is 13.5 Å². The van der Waals surface area contributed by atoms with E-state index < -0.39 is 0 Å². The minimum Gasteiger partial charge on any atom is -0.306 e. The number of hydrogen-bond acceptors (Lipinski definition) is 2. The van der Waals surface area contributed by atoms with Crippen LogP contribution in [0.3, 0.4) is 0 Å². The Kier molecular flexibility index (Phi) is 2.54. The van der Waals surface area contributed by atoms with Crippen molar-refractivity contribution in [3.05, 3.63) is 35.4 Å². The van der Waals surface area contributed by atoms with E-state index in [0.29, 0.717) is 0 Å². The van der Waals surface area contributed by atoms with E-state index in [9.17, 15) is 0 Å². The second-order valence-corrected chi connectivity index (χ2v) is 2.29. The van der Waals surface area contributed by atoms with Gasteiger partial charge in [0.1, 0.15) is 0 Å². The van der Waals surface area contributed by atoms with Crippen LogP contribution in [0.1, 0.15) is 11.1 Å². The summed E-state index contributed by atoms with van der Waals surface area (Å²) in [4.78, 5) is 0. The molecule has 0 fully saturated rings. The Hall–Kier alpha value is -0.960. The fourth-order valence-corrected chi connectivity index (χ4v) is 1.07. The number of hydrogen-bond donors (Lipinski definition) is 1. The molecule has 0 aromatic heterocycles. The second kappa shape index (κ2) is 3.44. The van der Waals surface area contributed by atoms with Crippen molar-refractivity contribution < 1.29 is 0 Å². The van der Waals surface area contributed by atoms with Crippen molar-refractivity contribution in [3.63, 3.8) is 0 Å². The summed E-state index contributed by atoms with van der Waals surface area (Å²) >= 11 is 0. The first-order valence-corrected chi connectivity index (χ1v) is 3.30. The second-order valence-electron chi connectivity index (χ2n) is 2.29. The Bertz CT molecular complexity index is 271. The molecule has 0 aliphatic carbocycles. The number of benzene rings is 1. The molecular formula is C8H8N2S. The molecule has 11 heavy (non-hydrogen) atoms. The van der Waals surface area contributed by atoms with Crippen molar-refractivity contribution >= 4 is 19.7 Å². The summed E-state index contributed by atoms with van der Waals surface area (Å²) in [6.07, 6.45) is 1.85. The molecule has 0 saturated carbocycles. The Labute approximate surface area is 72.8 Å². The summed E-state index contributed by atoms with van der Waals surface area (Å²) in [7, 11) is 0. The lowest BCUT2D eigenvalue weighted by molar-refractivity contribution is 0.735. The molecule has 2 rings (SSSR count). The molecule has 0 unspecified atom stereocenters. The van der Waals surface area contributed by atoms with Gasteiger partial charge in [-0.3, -0.25) is 0 Å². The Balaban J connectivity index is 0.000000605. The quantitative estimate of drug-likeness (QED) is 0.621. The standard InChI is InChI=1S/C8H8N2.S/c1-2-4-8-6-10-9-5-7(8)3-1;/h1-5,10H,6H2;. The maximum Gasteiger partial charge on any atom is 0.0586 e. The van der Waals surface area contributed by atoms with Gasteiger partial charge in [-0.05, 0) is 11.1 Å². The molecule has 0 atom stereocenters. The van der Waals surface area contributed by atoms with Gasteiger partial charge in [0, 0.05) is 13.5 Å². The van der Waals surface area contributed by atoms with Gasteiger partial charge >= 0.3 is 0 Å². The van der Waals surface area contributed by atoms with Crippen molar-refractivity contribution in [3.8, 4) is 0 Å². The minimum absolute atomic E-state index is 0. The highest BCUT2D eigenvalue weighted by molar-refractivity contribution is 7.59. The van der Waals surface area contributed by atoms with E-state index in [2.05, 4.69) is 22.7 Å². The van der Waals surface area contributed by atoms with Crippen LogP contribution < -0.4 is 5.43 Å². The molecule has 2 nitrogen and oxygen atoms in total.